The first-order valence-corrected chi connectivity index (χ1v) is 5.55. The van der Waals surface area contributed by atoms with Crippen LogP contribution in [0.4, 0.5) is 0 Å². The van der Waals surface area contributed by atoms with Crippen LogP contribution in [0.2, 0.25) is 0 Å². The van der Waals surface area contributed by atoms with Crippen molar-refractivity contribution >= 4 is 0 Å². The summed E-state index contributed by atoms with van der Waals surface area (Å²) < 4.78 is 0. The molecule has 0 saturated carbocycles. The molecule has 0 N–H and O–H groups in total. The monoisotopic (exact) mass is 193 g/mol. The lowest BCUT2D eigenvalue weighted by Gasteiger charge is -2.36. The van der Waals surface area contributed by atoms with Gasteiger partial charge in [-0.05, 0) is 31.1 Å². The predicted molar refractivity (Wildman–Crippen MR) is 66.1 cm³/mol. The fourth-order valence-electron chi connectivity index (χ4n) is 1.59. The highest BCUT2D eigenvalue weighted by Gasteiger charge is 2.23. The van der Waals surface area contributed by atoms with Gasteiger partial charge < -0.3 is 0 Å². The highest BCUT2D eigenvalue weighted by molar-refractivity contribution is 5.12. The molecule has 0 aromatic carbocycles. The number of rotatable bonds is 6. The Kier molecular flexibility index (Phi) is 5.68. The molecule has 82 valence electrons. The highest BCUT2D eigenvalue weighted by Crippen LogP contribution is 2.36. The van der Waals surface area contributed by atoms with Gasteiger partial charge in [-0.15, -0.1) is 6.92 Å². The summed E-state index contributed by atoms with van der Waals surface area (Å²) in [5.41, 5.74) is 1.61. The van der Waals surface area contributed by atoms with Crippen LogP contribution in [0.25, 0.3) is 0 Å². The van der Waals surface area contributed by atoms with Crippen molar-refractivity contribution in [2.75, 3.05) is 0 Å². The van der Waals surface area contributed by atoms with Crippen LogP contribution in [0.15, 0.2) is 24.3 Å². The molecule has 0 bridgehead atoms. The molecule has 0 aliphatic heterocycles. The van der Waals surface area contributed by atoms with Crippen molar-refractivity contribution < 1.29 is 0 Å². The van der Waals surface area contributed by atoms with Gasteiger partial charge in [0.25, 0.3) is 0 Å². The van der Waals surface area contributed by atoms with E-state index >= 15 is 0 Å². The molecule has 0 aliphatic carbocycles. The van der Waals surface area contributed by atoms with Crippen LogP contribution in [0.1, 0.15) is 47.5 Å². The van der Waals surface area contributed by atoms with E-state index in [1.54, 1.807) is 0 Å². The molecule has 1 atom stereocenters. The summed E-state index contributed by atoms with van der Waals surface area (Å²) in [7, 11) is 0. The van der Waals surface area contributed by atoms with E-state index in [2.05, 4.69) is 59.8 Å². The molecular formula is C14H25-. The van der Waals surface area contributed by atoms with Crippen LogP contribution in [-0.4, -0.2) is 0 Å². The van der Waals surface area contributed by atoms with Crippen LogP contribution < -0.4 is 0 Å². The smallest absolute Gasteiger partial charge is 0.0314 e. The lowest BCUT2D eigenvalue weighted by Crippen LogP contribution is -2.22. The molecule has 0 nitrogen and oxygen atoms in total. The Balaban J connectivity index is 4.22. The van der Waals surface area contributed by atoms with Gasteiger partial charge in [-0.3, -0.25) is 0 Å². The zero-order chi connectivity index (χ0) is 11.2. The molecule has 0 aromatic rings. The summed E-state index contributed by atoms with van der Waals surface area (Å²) in [6, 6.07) is 0. The minimum absolute atomic E-state index is 0.350. The molecule has 0 saturated heterocycles. The minimum Gasteiger partial charge on any atom is -0.242 e. The predicted octanol–water partition coefficient (Wildman–Crippen LogP) is 4.79. The largest absolute Gasteiger partial charge is 0.242 e. The molecule has 0 heterocycles. The molecule has 0 rings (SSSR count). The molecule has 0 aliphatic rings. The van der Waals surface area contributed by atoms with E-state index in [1.807, 2.05) is 0 Å². The van der Waals surface area contributed by atoms with E-state index in [1.165, 1.54) is 18.4 Å². The average Bonchev–Trinajstić information content (AvgIpc) is 2.15. The van der Waals surface area contributed by atoms with Crippen molar-refractivity contribution in [2.24, 2.45) is 11.3 Å². The number of allylic oxidation sites excluding steroid dienone is 3. The summed E-state index contributed by atoms with van der Waals surface area (Å²) in [4.78, 5) is 0. The van der Waals surface area contributed by atoms with Crippen LogP contribution in [0, 0.1) is 17.8 Å². The number of hydrogen-bond acceptors (Lipinski definition) is 0. The van der Waals surface area contributed by atoms with Crippen LogP contribution >= 0.6 is 0 Å². The highest BCUT2D eigenvalue weighted by atomic mass is 14.3. The van der Waals surface area contributed by atoms with E-state index in [9.17, 15) is 0 Å². The van der Waals surface area contributed by atoms with Gasteiger partial charge in [0.15, 0.2) is 0 Å². The van der Waals surface area contributed by atoms with Gasteiger partial charge in [0.2, 0.25) is 0 Å². The fraction of sp³-hybridized carbons (Fsp3) is 0.643. The van der Waals surface area contributed by atoms with Crippen LogP contribution in [-0.2, 0) is 0 Å². The van der Waals surface area contributed by atoms with E-state index in [-0.39, 0.29) is 0 Å². The van der Waals surface area contributed by atoms with Gasteiger partial charge in [-0.25, -0.2) is 18.6 Å². The Bertz CT molecular complexity index is 196. The molecule has 14 heavy (non-hydrogen) atoms. The first-order chi connectivity index (χ1) is 6.45. The molecule has 0 fully saturated rings. The SMILES string of the molecule is C=C([CH-]C)C(C)C(C)(C)CC/C=C\C. The van der Waals surface area contributed by atoms with E-state index in [4.69, 9.17) is 0 Å². The Morgan fingerprint density at radius 2 is 2.07 bits per heavy atom. The maximum absolute atomic E-state index is 4.09. The zero-order valence-corrected chi connectivity index (χ0v) is 10.4. The minimum atomic E-state index is 0.350. The topological polar surface area (TPSA) is 0 Å². The zero-order valence-electron chi connectivity index (χ0n) is 10.4. The van der Waals surface area contributed by atoms with Gasteiger partial charge in [0.1, 0.15) is 0 Å². The second-order valence-electron chi connectivity index (χ2n) is 4.68. The molecule has 0 spiro atoms. The third kappa shape index (κ3) is 4.04. The van der Waals surface area contributed by atoms with Gasteiger partial charge in [0, 0.05) is 0 Å². The van der Waals surface area contributed by atoms with Crippen LogP contribution in [0.5, 0.6) is 0 Å². The Morgan fingerprint density at radius 3 is 2.50 bits per heavy atom. The summed E-state index contributed by atoms with van der Waals surface area (Å²) in [5.74, 6) is 0.567. The molecular weight excluding hydrogens is 168 g/mol. The second-order valence-corrected chi connectivity index (χ2v) is 4.68. The van der Waals surface area contributed by atoms with E-state index in [0.29, 0.717) is 11.3 Å². The van der Waals surface area contributed by atoms with Gasteiger partial charge in [-0.2, -0.15) is 0 Å². The normalized spacial score (nSPS) is 14.4. The van der Waals surface area contributed by atoms with E-state index < -0.39 is 0 Å². The van der Waals surface area contributed by atoms with E-state index in [0.717, 1.165) is 0 Å². The first-order valence-electron chi connectivity index (χ1n) is 5.55. The first kappa shape index (κ1) is 13.4. The maximum atomic E-state index is 4.09. The van der Waals surface area contributed by atoms with Crippen molar-refractivity contribution in [1.82, 2.24) is 0 Å². The van der Waals surface area contributed by atoms with Crippen molar-refractivity contribution in [3.63, 3.8) is 0 Å². The van der Waals surface area contributed by atoms with Crippen molar-refractivity contribution in [3.8, 4) is 0 Å². The quantitative estimate of drug-likeness (QED) is 0.420. The molecule has 0 aromatic heterocycles. The Hall–Kier alpha value is -0.650. The van der Waals surface area contributed by atoms with Gasteiger partial charge >= 0.3 is 0 Å². The maximum Gasteiger partial charge on any atom is -0.0314 e. The van der Waals surface area contributed by atoms with Gasteiger partial charge in [0.05, 0.1) is 0 Å². The Morgan fingerprint density at radius 1 is 1.50 bits per heavy atom. The average molecular weight is 193 g/mol. The van der Waals surface area contributed by atoms with Crippen LogP contribution in [0.3, 0.4) is 0 Å². The number of hydrogen-bond donors (Lipinski definition) is 0. The van der Waals surface area contributed by atoms with Crippen molar-refractivity contribution in [2.45, 2.75) is 47.5 Å². The fourth-order valence-corrected chi connectivity index (χ4v) is 1.59. The molecule has 0 heteroatoms. The van der Waals surface area contributed by atoms with Crippen molar-refractivity contribution in [3.05, 3.63) is 30.7 Å². The van der Waals surface area contributed by atoms with Crippen molar-refractivity contribution in [1.29, 1.82) is 0 Å². The third-order valence-corrected chi connectivity index (χ3v) is 3.29. The molecule has 0 amide bonds. The summed E-state index contributed by atoms with van der Waals surface area (Å²) in [5, 5.41) is 0. The molecule has 0 radical (unpaired) electrons. The summed E-state index contributed by atoms with van der Waals surface area (Å²) in [6.45, 7) is 15.2. The Labute approximate surface area is 90.1 Å². The second kappa shape index (κ2) is 5.95. The van der Waals surface area contributed by atoms with Gasteiger partial charge in [-0.1, -0.05) is 32.9 Å². The molecule has 1 unspecified atom stereocenters. The lowest BCUT2D eigenvalue weighted by molar-refractivity contribution is 0.247. The summed E-state index contributed by atoms with van der Waals surface area (Å²) >= 11 is 0. The standard InChI is InChI=1S/C14H25/c1-7-9-10-11-14(5,6)13(4)12(3)8-2/h7-9,13H,3,10-11H2,1-2,4-6H3/q-1/b9-7-. The lowest BCUT2D eigenvalue weighted by atomic mass is 9.72. The summed E-state index contributed by atoms with van der Waals surface area (Å²) in [6.07, 6.45) is 8.90. The third-order valence-electron chi connectivity index (χ3n) is 3.29.